The number of amides is 2. The number of nitrogens with one attached hydrogen (secondary N) is 1. The summed E-state index contributed by atoms with van der Waals surface area (Å²) in [5, 5.41) is 4.30. The van der Waals surface area contributed by atoms with Crippen molar-refractivity contribution in [3.05, 3.63) is 104 Å². The van der Waals surface area contributed by atoms with E-state index in [1.807, 2.05) is 66.7 Å². The first-order valence-corrected chi connectivity index (χ1v) is 16.0. The molecule has 0 saturated heterocycles. The standard InChI is InChI=1S/C31H33BrCl2N2O2S/c32-25-11-7-10-23(16-25)19-36(30(37)21-39-20-24-14-15-27(33)28(34)17-24)29(18-22-8-3-1-4-9-22)31(38)35-26-12-5-2-6-13-26/h1,3-4,7-11,14-17,26,29H,2,5-6,12-13,18-21H2,(H,35,38). The lowest BCUT2D eigenvalue weighted by molar-refractivity contribution is -0.139. The summed E-state index contributed by atoms with van der Waals surface area (Å²) in [5.41, 5.74) is 2.99. The van der Waals surface area contributed by atoms with Crippen LogP contribution in [0.3, 0.4) is 0 Å². The fourth-order valence-electron chi connectivity index (χ4n) is 4.90. The fourth-order valence-corrected chi connectivity index (χ4v) is 6.52. The minimum atomic E-state index is -0.619. The highest BCUT2D eigenvalue weighted by Crippen LogP contribution is 2.26. The second-order valence-corrected chi connectivity index (χ2v) is 12.7. The molecule has 1 saturated carbocycles. The van der Waals surface area contributed by atoms with Gasteiger partial charge in [0.05, 0.1) is 15.8 Å². The number of thioether (sulfide) groups is 1. The van der Waals surface area contributed by atoms with Gasteiger partial charge in [-0.3, -0.25) is 9.59 Å². The van der Waals surface area contributed by atoms with E-state index in [1.54, 1.807) is 11.0 Å². The number of carbonyl (C=O) groups is 2. The smallest absolute Gasteiger partial charge is 0.243 e. The monoisotopic (exact) mass is 646 g/mol. The van der Waals surface area contributed by atoms with Crippen molar-refractivity contribution in [1.29, 1.82) is 0 Å². The van der Waals surface area contributed by atoms with Crippen LogP contribution in [0.25, 0.3) is 0 Å². The van der Waals surface area contributed by atoms with Crippen molar-refractivity contribution in [3.63, 3.8) is 0 Å². The van der Waals surface area contributed by atoms with Crippen molar-refractivity contribution in [2.45, 2.75) is 62.9 Å². The second-order valence-electron chi connectivity index (χ2n) is 9.94. The molecule has 1 fully saturated rings. The predicted octanol–water partition coefficient (Wildman–Crippen LogP) is 8.08. The van der Waals surface area contributed by atoms with Crippen LogP contribution in [0.1, 0.15) is 48.8 Å². The summed E-state index contributed by atoms with van der Waals surface area (Å²) in [7, 11) is 0. The Labute approximate surface area is 254 Å². The maximum atomic E-state index is 13.8. The topological polar surface area (TPSA) is 49.4 Å². The van der Waals surface area contributed by atoms with Crippen LogP contribution >= 0.6 is 50.9 Å². The molecule has 0 bridgehead atoms. The van der Waals surface area contributed by atoms with E-state index in [1.165, 1.54) is 18.2 Å². The van der Waals surface area contributed by atoms with Gasteiger partial charge >= 0.3 is 0 Å². The third-order valence-electron chi connectivity index (χ3n) is 6.94. The van der Waals surface area contributed by atoms with Gasteiger partial charge in [0.2, 0.25) is 11.8 Å². The highest BCUT2D eigenvalue weighted by Gasteiger charge is 2.31. The zero-order valence-electron chi connectivity index (χ0n) is 21.8. The molecule has 3 aromatic rings. The van der Waals surface area contributed by atoms with Crippen LogP contribution in [-0.4, -0.2) is 34.6 Å². The molecule has 0 heterocycles. The van der Waals surface area contributed by atoms with Crippen LogP contribution in [0.2, 0.25) is 10.0 Å². The van der Waals surface area contributed by atoms with Crippen LogP contribution in [-0.2, 0) is 28.3 Å². The normalized spacial score (nSPS) is 14.5. The Hall–Kier alpha value is -1.99. The van der Waals surface area contributed by atoms with E-state index in [0.717, 1.165) is 46.8 Å². The van der Waals surface area contributed by atoms with Crippen molar-refractivity contribution in [1.82, 2.24) is 10.2 Å². The molecule has 0 spiro atoms. The fraction of sp³-hybridized carbons (Fsp3) is 0.355. The van der Waals surface area contributed by atoms with Gasteiger partial charge in [0, 0.05) is 29.2 Å². The molecule has 8 heteroatoms. The molecular weight excluding hydrogens is 615 g/mol. The van der Waals surface area contributed by atoms with Crippen LogP contribution in [0.15, 0.2) is 77.3 Å². The molecule has 4 nitrogen and oxygen atoms in total. The molecule has 39 heavy (non-hydrogen) atoms. The largest absolute Gasteiger partial charge is 0.352 e. The average Bonchev–Trinajstić information content (AvgIpc) is 2.93. The Kier molecular flexibility index (Phi) is 11.6. The Morgan fingerprint density at radius 1 is 0.897 bits per heavy atom. The zero-order valence-corrected chi connectivity index (χ0v) is 25.7. The quantitative estimate of drug-likeness (QED) is 0.229. The van der Waals surface area contributed by atoms with Gasteiger partial charge in [0.15, 0.2) is 0 Å². The molecule has 0 aliphatic heterocycles. The number of halogens is 3. The Bertz CT molecular complexity index is 1250. The number of nitrogens with zero attached hydrogens (tertiary/aromatic N) is 1. The molecule has 3 aromatic carbocycles. The molecular formula is C31H33BrCl2N2O2S. The Balaban J connectivity index is 1.56. The van der Waals surface area contributed by atoms with Gasteiger partial charge < -0.3 is 10.2 Å². The van der Waals surface area contributed by atoms with Crippen molar-refractivity contribution in [2.24, 2.45) is 0 Å². The third kappa shape index (κ3) is 9.28. The lowest BCUT2D eigenvalue weighted by Crippen LogP contribution is -2.53. The van der Waals surface area contributed by atoms with Gasteiger partial charge in [-0.2, -0.15) is 0 Å². The highest BCUT2D eigenvalue weighted by atomic mass is 79.9. The summed E-state index contributed by atoms with van der Waals surface area (Å²) in [6.07, 6.45) is 5.90. The number of hydrogen-bond donors (Lipinski definition) is 1. The van der Waals surface area contributed by atoms with E-state index in [-0.39, 0.29) is 23.6 Å². The molecule has 1 N–H and O–H groups in total. The first-order valence-electron chi connectivity index (χ1n) is 13.3. The van der Waals surface area contributed by atoms with E-state index in [9.17, 15) is 9.59 Å². The maximum absolute atomic E-state index is 13.8. The molecule has 1 unspecified atom stereocenters. The molecule has 1 aliphatic rings. The molecule has 1 aliphatic carbocycles. The van der Waals surface area contributed by atoms with Crippen molar-refractivity contribution in [2.75, 3.05) is 5.75 Å². The van der Waals surface area contributed by atoms with Crippen molar-refractivity contribution >= 4 is 62.7 Å². The van der Waals surface area contributed by atoms with Crippen LogP contribution < -0.4 is 5.32 Å². The van der Waals surface area contributed by atoms with Gasteiger partial charge in [-0.25, -0.2) is 0 Å². The minimum Gasteiger partial charge on any atom is -0.352 e. The molecule has 4 rings (SSSR count). The van der Waals surface area contributed by atoms with Crippen molar-refractivity contribution < 1.29 is 9.59 Å². The SMILES string of the molecule is O=C(NC1CCCCC1)C(Cc1ccccc1)N(Cc1cccc(Br)c1)C(=O)CSCc1ccc(Cl)c(Cl)c1. The van der Waals surface area contributed by atoms with Crippen molar-refractivity contribution in [3.8, 4) is 0 Å². The molecule has 206 valence electrons. The molecule has 0 aromatic heterocycles. The molecule has 1 atom stereocenters. The highest BCUT2D eigenvalue weighted by molar-refractivity contribution is 9.10. The summed E-state index contributed by atoms with van der Waals surface area (Å²) < 4.78 is 0.938. The second kappa shape index (κ2) is 15.1. The van der Waals surface area contributed by atoms with E-state index >= 15 is 0 Å². The zero-order chi connectivity index (χ0) is 27.6. The van der Waals surface area contributed by atoms with E-state index in [2.05, 4.69) is 21.2 Å². The maximum Gasteiger partial charge on any atom is 0.243 e. The van der Waals surface area contributed by atoms with E-state index in [4.69, 9.17) is 23.2 Å². The summed E-state index contributed by atoms with van der Waals surface area (Å²) in [6, 6.07) is 22.9. The van der Waals surface area contributed by atoms with Crippen LogP contribution in [0.5, 0.6) is 0 Å². The average molecular weight is 648 g/mol. The van der Waals surface area contributed by atoms with Gasteiger partial charge in [-0.1, -0.05) is 107 Å². The minimum absolute atomic E-state index is 0.0697. The number of benzene rings is 3. The van der Waals surface area contributed by atoms with Crippen LogP contribution in [0.4, 0.5) is 0 Å². The Morgan fingerprint density at radius 3 is 2.36 bits per heavy atom. The molecule has 0 radical (unpaired) electrons. The predicted molar refractivity (Wildman–Crippen MR) is 166 cm³/mol. The third-order valence-corrected chi connectivity index (χ3v) is 9.16. The van der Waals surface area contributed by atoms with Gasteiger partial charge in [0.25, 0.3) is 0 Å². The lowest BCUT2D eigenvalue weighted by atomic mass is 9.94. The summed E-state index contributed by atoms with van der Waals surface area (Å²) in [4.78, 5) is 29.4. The van der Waals surface area contributed by atoms with Gasteiger partial charge in [0.1, 0.15) is 6.04 Å². The summed E-state index contributed by atoms with van der Waals surface area (Å²) in [6.45, 7) is 0.348. The molecule has 2 amide bonds. The van der Waals surface area contributed by atoms with Crippen LogP contribution in [0, 0.1) is 0 Å². The van der Waals surface area contributed by atoms with Gasteiger partial charge in [-0.05, 0) is 53.8 Å². The summed E-state index contributed by atoms with van der Waals surface area (Å²) >= 11 is 17.3. The number of hydrogen-bond acceptors (Lipinski definition) is 3. The Morgan fingerprint density at radius 2 is 1.64 bits per heavy atom. The van der Waals surface area contributed by atoms with E-state index in [0.29, 0.717) is 28.8 Å². The number of carbonyl (C=O) groups excluding carboxylic acids is 2. The van der Waals surface area contributed by atoms with Gasteiger partial charge in [-0.15, -0.1) is 11.8 Å². The summed E-state index contributed by atoms with van der Waals surface area (Å²) in [5.74, 6) is 0.713. The van der Waals surface area contributed by atoms with E-state index < -0.39 is 6.04 Å². The lowest BCUT2D eigenvalue weighted by Gasteiger charge is -2.33. The first kappa shape index (κ1) is 30.0. The first-order chi connectivity index (χ1) is 18.9. The number of rotatable bonds is 11.